The molecule has 42 heavy (non-hydrogen) atoms. The van der Waals surface area contributed by atoms with Crippen molar-refractivity contribution in [1.29, 1.82) is 5.26 Å². The minimum Gasteiger partial charge on any atom is -0.478 e. The van der Waals surface area contributed by atoms with Gasteiger partial charge in [-0.3, -0.25) is 14.9 Å². The van der Waals surface area contributed by atoms with Gasteiger partial charge in [-0.15, -0.1) is 11.3 Å². The molecule has 212 valence electrons. The van der Waals surface area contributed by atoms with Crippen LogP contribution in [0, 0.1) is 17.1 Å². The Balaban J connectivity index is 1.12. The number of hydrogen-bond acceptors (Lipinski definition) is 9. The molecule has 10 nitrogen and oxygen atoms in total. The number of hydrogen-bond donors (Lipinski definition) is 1. The van der Waals surface area contributed by atoms with Gasteiger partial charge in [-0.25, -0.2) is 19.2 Å². The van der Waals surface area contributed by atoms with E-state index in [4.69, 9.17) is 15.0 Å². The molecule has 5 aromatic rings. The van der Waals surface area contributed by atoms with E-state index in [0.29, 0.717) is 19.0 Å². The van der Waals surface area contributed by atoms with E-state index in [1.165, 1.54) is 6.20 Å². The molecule has 1 aromatic carbocycles. The molecule has 0 amide bonds. The van der Waals surface area contributed by atoms with Gasteiger partial charge in [-0.1, -0.05) is 6.07 Å². The number of aromatic carboxylic acids is 1. The SMILES string of the molecule is N#Cc1cnc(COc2cccc(C3CCN(Cc4nc5ccc(C(=O)O)cc5n4Cc4cncs4)CC3)n2)c(F)c1. The summed E-state index contributed by atoms with van der Waals surface area (Å²) < 4.78 is 22.0. The van der Waals surface area contributed by atoms with Crippen LogP contribution in [0.3, 0.4) is 0 Å². The van der Waals surface area contributed by atoms with Crippen molar-refractivity contribution in [2.45, 2.75) is 38.5 Å². The van der Waals surface area contributed by atoms with Gasteiger partial charge >= 0.3 is 5.97 Å². The third-order valence-corrected chi connectivity index (χ3v) is 8.16. The van der Waals surface area contributed by atoms with Gasteiger partial charge in [0.1, 0.15) is 30.0 Å². The molecule has 0 spiro atoms. The molecule has 0 atom stereocenters. The Kier molecular flexibility index (Phi) is 7.85. The van der Waals surface area contributed by atoms with Crippen LogP contribution in [0.25, 0.3) is 11.0 Å². The van der Waals surface area contributed by atoms with Gasteiger partial charge in [0.25, 0.3) is 0 Å². The number of piperidine rings is 1. The summed E-state index contributed by atoms with van der Waals surface area (Å²) in [6.07, 6.45) is 4.96. The van der Waals surface area contributed by atoms with E-state index in [9.17, 15) is 14.3 Å². The predicted octanol–water partition coefficient (Wildman–Crippen LogP) is 5.00. The summed E-state index contributed by atoms with van der Waals surface area (Å²) in [6, 6.07) is 13.7. The Morgan fingerprint density at radius 3 is 2.74 bits per heavy atom. The maximum atomic E-state index is 14.2. The molecule has 1 saturated heterocycles. The molecule has 1 aliphatic heterocycles. The smallest absolute Gasteiger partial charge is 0.335 e. The number of ether oxygens (including phenoxy) is 1. The Morgan fingerprint density at radius 1 is 1.14 bits per heavy atom. The van der Waals surface area contributed by atoms with Gasteiger partial charge in [-0.2, -0.15) is 5.26 Å². The van der Waals surface area contributed by atoms with E-state index in [-0.39, 0.29) is 29.3 Å². The van der Waals surface area contributed by atoms with Crippen LogP contribution in [0.4, 0.5) is 4.39 Å². The van der Waals surface area contributed by atoms with Crippen molar-refractivity contribution in [3.05, 3.63) is 99.4 Å². The second-order valence-corrected chi connectivity index (χ2v) is 11.1. The molecule has 1 aliphatic rings. The fourth-order valence-electron chi connectivity index (χ4n) is 5.18. The molecule has 0 bridgehead atoms. The Morgan fingerprint density at radius 2 is 2.00 bits per heavy atom. The number of imidazole rings is 1. The zero-order valence-corrected chi connectivity index (χ0v) is 23.3. The molecule has 0 saturated carbocycles. The molecule has 1 fully saturated rings. The van der Waals surface area contributed by atoms with Gasteiger partial charge in [-0.05, 0) is 56.3 Å². The maximum Gasteiger partial charge on any atom is 0.335 e. The van der Waals surface area contributed by atoms with E-state index in [0.717, 1.165) is 59.4 Å². The topological polar surface area (TPSA) is 130 Å². The van der Waals surface area contributed by atoms with E-state index in [1.54, 1.807) is 41.1 Å². The van der Waals surface area contributed by atoms with Crippen molar-refractivity contribution in [1.82, 2.24) is 29.4 Å². The quantitative estimate of drug-likeness (QED) is 0.255. The molecule has 0 radical (unpaired) electrons. The van der Waals surface area contributed by atoms with Crippen LogP contribution in [0.1, 0.15) is 56.8 Å². The first kappa shape index (κ1) is 27.4. The van der Waals surface area contributed by atoms with Crippen LogP contribution in [-0.2, 0) is 19.7 Å². The minimum atomic E-state index is -0.966. The number of carbonyl (C=O) groups is 1. The zero-order valence-electron chi connectivity index (χ0n) is 22.5. The number of benzene rings is 1. The zero-order chi connectivity index (χ0) is 29.1. The summed E-state index contributed by atoms with van der Waals surface area (Å²) in [5.41, 5.74) is 4.80. The third kappa shape index (κ3) is 5.97. The second-order valence-electron chi connectivity index (χ2n) is 10.1. The summed E-state index contributed by atoms with van der Waals surface area (Å²) in [4.78, 5) is 32.8. The van der Waals surface area contributed by atoms with Crippen molar-refractivity contribution < 1.29 is 19.0 Å². The number of carboxylic acid groups (broad SMARTS) is 1. The molecule has 0 unspecified atom stereocenters. The number of pyridine rings is 2. The minimum absolute atomic E-state index is 0.0804. The van der Waals surface area contributed by atoms with Crippen molar-refractivity contribution in [2.24, 2.45) is 0 Å². The number of halogens is 1. The first-order valence-electron chi connectivity index (χ1n) is 13.4. The standard InChI is InChI=1S/C30H26FN7O3S/c31-23-10-19(12-32)13-34-26(23)17-41-29-3-1-2-24(36-29)20-6-8-37(9-7-20)16-28-35-25-5-4-21(30(39)40)11-27(25)38(28)15-22-14-33-18-42-22/h1-5,10-11,13-14,18,20H,6-9,15-17H2,(H,39,40). The van der Waals surface area contributed by atoms with Gasteiger partial charge in [0, 0.05) is 34.9 Å². The number of rotatable bonds is 9. The first-order valence-corrected chi connectivity index (χ1v) is 14.3. The molecule has 6 rings (SSSR count). The highest BCUT2D eigenvalue weighted by Gasteiger charge is 2.24. The lowest BCUT2D eigenvalue weighted by Crippen LogP contribution is -2.33. The molecule has 5 heterocycles. The molecule has 0 aliphatic carbocycles. The summed E-state index contributed by atoms with van der Waals surface area (Å²) >= 11 is 1.56. The average molecular weight is 584 g/mol. The molecule has 1 N–H and O–H groups in total. The van der Waals surface area contributed by atoms with E-state index >= 15 is 0 Å². The number of likely N-dealkylation sites (tertiary alicyclic amines) is 1. The average Bonchev–Trinajstić information content (AvgIpc) is 3.65. The summed E-state index contributed by atoms with van der Waals surface area (Å²) in [5.74, 6) is -0.00835. The fraction of sp³-hybridized carbons (Fsp3) is 0.267. The number of carboxylic acids is 1. The fourth-order valence-corrected chi connectivity index (χ4v) is 5.76. The molecule has 4 aromatic heterocycles. The predicted molar refractivity (Wildman–Crippen MR) is 153 cm³/mol. The summed E-state index contributed by atoms with van der Waals surface area (Å²) in [6.45, 7) is 2.84. The van der Waals surface area contributed by atoms with Crippen LogP contribution in [0.2, 0.25) is 0 Å². The van der Waals surface area contributed by atoms with Gasteiger partial charge in [0.15, 0.2) is 0 Å². The lowest BCUT2D eigenvalue weighted by Gasteiger charge is -2.31. The van der Waals surface area contributed by atoms with Crippen molar-refractivity contribution >= 4 is 28.3 Å². The van der Waals surface area contributed by atoms with Crippen LogP contribution < -0.4 is 4.74 Å². The van der Waals surface area contributed by atoms with Gasteiger partial charge < -0.3 is 14.4 Å². The largest absolute Gasteiger partial charge is 0.478 e. The van der Waals surface area contributed by atoms with E-state index in [2.05, 4.69) is 24.4 Å². The summed E-state index contributed by atoms with van der Waals surface area (Å²) in [5, 5.41) is 18.4. The Hall–Kier alpha value is -4.73. The number of thiazole rings is 1. The molecular formula is C30H26FN7O3S. The van der Waals surface area contributed by atoms with Crippen LogP contribution in [-0.4, -0.2) is 53.6 Å². The number of fused-ring (bicyclic) bond motifs is 1. The maximum absolute atomic E-state index is 14.2. The highest BCUT2D eigenvalue weighted by Crippen LogP contribution is 2.30. The monoisotopic (exact) mass is 583 g/mol. The Labute approximate surface area is 244 Å². The number of aromatic nitrogens is 5. The van der Waals surface area contributed by atoms with Crippen molar-refractivity contribution in [2.75, 3.05) is 13.1 Å². The van der Waals surface area contributed by atoms with Crippen molar-refractivity contribution in [3.8, 4) is 11.9 Å². The summed E-state index contributed by atoms with van der Waals surface area (Å²) in [7, 11) is 0. The van der Waals surface area contributed by atoms with Gasteiger partial charge in [0.05, 0.1) is 40.8 Å². The third-order valence-electron chi connectivity index (χ3n) is 7.39. The van der Waals surface area contributed by atoms with E-state index < -0.39 is 11.8 Å². The number of nitrogens with zero attached hydrogens (tertiary/aromatic N) is 7. The van der Waals surface area contributed by atoms with Crippen LogP contribution >= 0.6 is 11.3 Å². The number of nitriles is 1. The first-order chi connectivity index (χ1) is 20.5. The normalized spacial score (nSPS) is 14.2. The molecule has 12 heteroatoms. The van der Waals surface area contributed by atoms with E-state index in [1.807, 2.05) is 24.4 Å². The lowest BCUT2D eigenvalue weighted by molar-refractivity contribution is 0.0697. The van der Waals surface area contributed by atoms with Gasteiger partial charge in [0.2, 0.25) is 5.88 Å². The van der Waals surface area contributed by atoms with Crippen LogP contribution in [0.15, 0.2) is 60.4 Å². The van der Waals surface area contributed by atoms with Crippen molar-refractivity contribution in [3.63, 3.8) is 0 Å². The lowest BCUT2D eigenvalue weighted by atomic mass is 9.93. The molecular weight excluding hydrogens is 557 g/mol. The van der Waals surface area contributed by atoms with Crippen LogP contribution in [0.5, 0.6) is 5.88 Å². The highest BCUT2D eigenvalue weighted by atomic mass is 32.1. The highest BCUT2D eigenvalue weighted by molar-refractivity contribution is 7.09. The Bertz CT molecular complexity index is 1780. The second kappa shape index (κ2) is 12.0.